The van der Waals surface area contributed by atoms with Crippen molar-refractivity contribution in [3.05, 3.63) is 28.3 Å². The summed E-state index contributed by atoms with van der Waals surface area (Å²) < 4.78 is 5.21. The molecular formula is C11H13N3O4. The zero-order valence-corrected chi connectivity index (χ0v) is 9.83. The van der Waals surface area contributed by atoms with E-state index in [0.29, 0.717) is 18.0 Å². The minimum absolute atomic E-state index is 0.0662. The summed E-state index contributed by atoms with van der Waals surface area (Å²) in [6.07, 6.45) is 0. The molecule has 0 saturated carbocycles. The lowest BCUT2D eigenvalue weighted by Gasteiger charge is -2.33. The molecule has 0 aromatic heterocycles. The maximum atomic E-state index is 11.8. The lowest BCUT2D eigenvalue weighted by molar-refractivity contribution is -0.384. The molecule has 7 nitrogen and oxygen atoms in total. The number of nitro groups is 1. The fraction of sp³-hybridized carbons (Fsp3) is 0.364. The van der Waals surface area contributed by atoms with Crippen molar-refractivity contribution < 1.29 is 14.5 Å². The van der Waals surface area contributed by atoms with Gasteiger partial charge >= 0.3 is 0 Å². The molecule has 96 valence electrons. The summed E-state index contributed by atoms with van der Waals surface area (Å²) in [6, 6.07) is 3.99. The van der Waals surface area contributed by atoms with Crippen LogP contribution in [0.5, 0.6) is 5.75 Å². The van der Waals surface area contributed by atoms with Gasteiger partial charge in [0.2, 0.25) is 0 Å². The third-order valence-electron chi connectivity index (χ3n) is 2.82. The molecule has 0 bridgehead atoms. The molecule has 1 unspecified atom stereocenters. The van der Waals surface area contributed by atoms with Gasteiger partial charge in [0.15, 0.2) is 12.4 Å². The Morgan fingerprint density at radius 3 is 2.94 bits per heavy atom. The Kier molecular flexibility index (Phi) is 3.15. The Balaban J connectivity index is 2.45. The average Bonchev–Trinajstić information content (AvgIpc) is 2.37. The van der Waals surface area contributed by atoms with E-state index in [1.807, 2.05) is 6.92 Å². The monoisotopic (exact) mass is 251 g/mol. The van der Waals surface area contributed by atoms with Crippen LogP contribution in [0, 0.1) is 10.1 Å². The summed E-state index contributed by atoms with van der Waals surface area (Å²) in [7, 11) is 0. The van der Waals surface area contributed by atoms with E-state index in [1.54, 1.807) is 0 Å². The molecule has 0 spiro atoms. The summed E-state index contributed by atoms with van der Waals surface area (Å²) in [5, 5.41) is 10.7. The highest BCUT2D eigenvalue weighted by Crippen LogP contribution is 2.36. The number of hydrogen-bond donors (Lipinski definition) is 1. The van der Waals surface area contributed by atoms with Crippen molar-refractivity contribution in [3.63, 3.8) is 0 Å². The number of non-ortho nitro benzene ring substituents is 1. The average molecular weight is 251 g/mol. The van der Waals surface area contributed by atoms with Crippen molar-refractivity contribution >= 4 is 17.3 Å². The molecule has 1 aliphatic rings. The van der Waals surface area contributed by atoms with Crippen molar-refractivity contribution in [3.8, 4) is 5.75 Å². The first-order chi connectivity index (χ1) is 8.54. The zero-order chi connectivity index (χ0) is 13.3. The minimum Gasteiger partial charge on any atom is -0.481 e. The third-order valence-corrected chi connectivity index (χ3v) is 2.82. The van der Waals surface area contributed by atoms with Gasteiger partial charge in [-0.05, 0) is 13.0 Å². The van der Waals surface area contributed by atoms with E-state index in [4.69, 9.17) is 10.5 Å². The minimum atomic E-state index is -0.503. The van der Waals surface area contributed by atoms with Gasteiger partial charge in [-0.3, -0.25) is 14.9 Å². The number of amides is 1. The van der Waals surface area contributed by atoms with E-state index in [1.165, 1.54) is 23.1 Å². The number of carbonyl (C=O) groups is 1. The number of benzene rings is 1. The van der Waals surface area contributed by atoms with Gasteiger partial charge in [0, 0.05) is 18.7 Å². The van der Waals surface area contributed by atoms with E-state index in [9.17, 15) is 14.9 Å². The second kappa shape index (κ2) is 4.61. The predicted octanol–water partition coefficient (Wildman–Crippen LogP) is 0.667. The van der Waals surface area contributed by atoms with Gasteiger partial charge in [-0.25, -0.2) is 0 Å². The number of nitrogens with two attached hydrogens (primary N) is 1. The number of ether oxygens (including phenoxy) is 1. The van der Waals surface area contributed by atoms with Gasteiger partial charge in [-0.2, -0.15) is 0 Å². The van der Waals surface area contributed by atoms with Crippen LogP contribution in [-0.2, 0) is 4.79 Å². The molecule has 1 amide bonds. The van der Waals surface area contributed by atoms with E-state index in [2.05, 4.69) is 0 Å². The summed E-state index contributed by atoms with van der Waals surface area (Å²) >= 11 is 0. The largest absolute Gasteiger partial charge is 0.481 e. The van der Waals surface area contributed by atoms with Crippen LogP contribution in [0.4, 0.5) is 11.4 Å². The molecule has 1 heterocycles. The fourth-order valence-electron chi connectivity index (χ4n) is 1.86. The summed E-state index contributed by atoms with van der Waals surface area (Å²) in [5.74, 6) is 0.137. The molecule has 0 aliphatic carbocycles. The van der Waals surface area contributed by atoms with Crippen molar-refractivity contribution in [1.82, 2.24) is 0 Å². The zero-order valence-electron chi connectivity index (χ0n) is 9.83. The maximum Gasteiger partial charge on any atom is 0.273 e. The van der Waals surface area contributed by atoms with Crippen LogP contribution >= 0.6 is 0 Å². The lowest BCUT2D eigenvalue weighted by Crippen LogP contribution is -2.47. The molecule has 1 aliphatic heterocycles. The van der Waals surface area contributed by atoms with Crippen LogP contribution in [-0.4, -0.2) is 30.0 Å². The second-order valence-electron chi connectivity index (χ2n) is 4.05. The molecule has 7 heteroatoms. The molecule has 0 fully saturated rings. The van der Waals surface area contributed by atoms with E-state index in [0.717, 1.165) is 0 Å². The van der Waals surface area contributed by atoms with Crippen LogP contribution in [0.1, 0.15) is 6.92 Å². The first kappa shape index (κ1) is 12.3. The van der Waals surface area contributed by atoms with Gasteiger partial charge in [0.1, 0.15) is 0 Å². The molecule has 1 atom stereocenters. The summed E-state index contributed by atoms with van der Waals surface area (Å²) in [5.41, 5.74) is 6.01. The Morgan fingerprint density at radius 2 is 2.33 bits per heavy atom. The lowest BCUT2D eigenvalue weighted by atomic mass is 10.1. The smallest absolute Gasteiger partial charge is 0.273 e. The van der Waals surface area contributed by atoms with Gasteiger partial charge in [-0.15, -0.1) is 0 Å². The second-order valence-corrected chi connectivity index (χ2v) is 4.05. The third kappa shape index (κ3) is 2.00. The number of nitrogens with zero attached hydrogens (tertiary/aromatic N) is 2. The highest BCUT2D eigenvalue weighted by atomic mass is 16.6. The number of hydrogen-bond acceptors (Lipinski definition) is 5. The Bertz CT molecular complexity index is 503. The van der Waals surface area contributed by atoms with Crippen LogP contribution < -0.4 is 15.4 Å². The Labute approximate surface area is 103 Å². The van der Waals surface area contributed by atoms with Crippen molar-refractivity contribution in [2.75, 3.05) is 18.1 Å². The molecule has 18 heavy (non-hydrogen) atoms. The number of anilines is 1. The van der Waals surface area contributed by atoms with Crippen LogP contribution in [0.2, 0.25) is 0 Å². The van der Waals surface area contributed by atoms with E-state index < -0.39 is 4.92 Å². The molecule has 0 saturated heterocycles. The van der Waals surface area contributed by atoms with Gasteiger partial charge < -0.3 is 15.4 Å². The van der Waals surface area contributed by atoms with Crippen LogP contribution in [0.15, 0.2) is 18.2 Å². The standard InChI is InChI=1S/C11H13N3O4/c1-7(5-12)13-9-3-2-8(14(16)17)4-10(9)18-6-11(13)15/h2-4,7H,5-6,12H2,1H3. The predicted molar refractivity (Wildman–Crippen MR) is 64.6 cm³/mol. The molecule has 2 N–H and O–H groups in total. The number of nitro benzene ring substituents is 1. The fourth-order valence-corrected chi connectivity index (χ4v) is 1.86. The van der Waals surface area contributed by atoms with Gasteiger partial charge in [-0.1, -0.05) is 0 Å². The number of fused-ring (bicyclic) bond motifs is 1. The molecule has 0 radical (unpaired) electrons. The maximum absolute atomic E-state index is 11.8. The van der Waals surface area contributed by atoms with E-state index >= 15 is 0 Å². The summed E-state index contributed by atoms with van der Waals surface area (Å²) in [4.78, 5) is 23.5. The number of carbonyl (C=O) groups excluding carboxylic acids is 1. The summed E-state index contributed by atoms with van der Waals surface area (Å²) in [6.45, 7) is 2.00. The highest BCUT2D eigenvalue weighted by molar-refractivity contribution is 5.98. The molecular weight excluding hydrogens is 238 g/mol. The number of rotatable bonds is 3. The molecule has 1 aromatic carbocycles. The van der Waals surface area contributed by atoms with Crippen molar-refractivity contribution in [2.45, 2.75) is 13.0 Å². The Morgan fingerprint density at radius 1 is 1.61 bits per heavy atom. The normalized spacial score (nSPS) is 15.9. The van der Waals surface area contributed by atoms with Gasteiger partial charge in [0.25, 0.3) is 11.6 Å². The quantitative estimate of drug-likeness (QED) is 0.628. The van der Waals surface area contributed by atoms with Gasteiger partial charge in [0.05, 0.1) is 16.7 Å². The molecule has 2 rings (SSSR count). The van der Waals surface area contributed by atoms with Crippen molar-refractivity contribution in [1.29, 1.82) is 0 Å². The van der Waals surface area contributed by atoms with E-state index in [-0.39, 0.29) is 24.2 Å². The molecule has 1 aromatic rings. The topological polar surface area (TPSA) is 98.7 Å². The first-order valence-electron chi connectivity index (χ1n) is 5.48. The van der Waals surface area contributed by atoms with Crippen LogP contribution in [0.25, 0.3) is 0 Å². The highest BCUT2D eigenvalue weighted by Gasteiger charge is 2.30. The first-order valence-corrected chi connectivity index (χ1v) is 5.48. The SMILES string of the molecule is CC(CN)N1C(=O)COc2cc([N+](=O)[O-])ccc21. The Hall–Kier alpha value is -2.15. The van der Waals surface area contributed by atoms with Crippen LogP contribution in [0.3, 0.4) is 0 Å². The van der Waals surface area contributed by atoms with Crippen molar-refractivity contribution in [2.24, 2.45) is 5.73 Å².